The van der Waals surface area contributed by atoms with Crippen LogP contribution in [0.15, 0.2) is 12.3 Å². The number of rotatable bonds is 2. The van der Waals surface area contributed by atoms with Crippen molar-refractivity contribution in [3.8, 4) is 0 Å². The third-order valence-corrected chi connectivity index (χ3v) is 3.00. The molecule has 0 radical (unpaired) electrons. The van der Waals surface area contributed by atoms with Gasteiger partial charge in [-0.1, -0.05) is 0 Å². The van der Waals surface area contributed by atoms with Gasteiger partial charge in [-0.15, -0.1) is 0 Å². The van der Waals surface area contributed by atoms with Crippen LogP contribution in [0.5, 0.6) is 0 Å². The Balaban J connectivity index is 2.23. The van der Waals surface area contributed by atoms with E-state index < -0.39 is 5.60 Å². The number of hydrogen-bond donors (Lipinski definition) is 0. The van der Waals surface area contributed by atoms with Crippen molar-refractivity contribution >= 4 is 5.78 Å². The van der Waals surface area contributed by atoms with Crippen LogP contribution in [0.2, 0.25) is 0 Å². The fourth-order valence-electron chi connectivity index (χ4n) is 1.98. The van der Waals surface area contributed by atoms with Gasteiger partial charge in [0.05, 0.1) is 0 Å². The Morgan fingerprint density at radius 3 is 2.93 bits per heavy atom. The smallest absolute Gasteiger partial charge is 0.212 e. The average molecular weight is 208 g/mol. The molecule has 1 aliphatic rings. The van der Waals surface area contributed by atoms with Gasteiger partial charge in [-0.3, -0.25) is 9.48 Å². The minimum absolute atomic E-state index is 0.0437. The number of ketones is 1. The first-order chi connectivity index (χ1) is 7.13. The maximum atomic E-state index is 12.2. The number of Topliss-reactive ketones (excluding diaryl/α,β-unsaturated/α-hetero) is 1. The van der Waals surface area contributed by atoms with E-state index >= 15 is 0 Å². The third kappa shape index (κ3) is 1.81. The first kappa shape index (κ1) is 10.4. The summed E-state index contributed by atoms with van der Waals surface area (Å²) in [6.45, 7) is 2.56. The zero-order valence-corrected chi connectivity index (χ0v) is 9.19. The maximum Gasteiger partial charge on any atom is 0.212 e. The van der Waals surface area contributed by atoms with Gasteiger partial charge in [0.1, 0.15) is 11.3 Å². The van der Waals surface area contributed by atoms with Crippen molar-refractivity contribution in [1.29, 1.82) is 0 Å². The van der Waals surface area contributed by atoms with Gasteiger partial charge in [-0.05, 0) is 32.3 Å². The van der Waals surface area contributed by atoms with Gasteiger partial charge in [0.2, 0.25) is 5.78 Å². The lowest BCUT2D eigenvalue weighted by Gasteiger charge is -2.32. The van der Waals surface area contributed by atoms with E-state index in [9.17, 15) is 4.79 Å². The number of nitrogens with zero attached hydrogens (tertiary/aromatic N) is 2. The van der Waals surface area contributed by atoms with Crippen molar-refractivity contribution in [1.82, 2.24) is 9.78 Å². The van der Waals surface area contributed by atoms with Crippen LogP contribution in [-0.2, 0) is 11.8 Å². The van der Waals surface area contributed by atoms with Crippen molar-refractivity contribution in [2.45, 2.75) is 31.8 Å². The molecule has 1 aliphatic heterocycles. The van der Waals surface area contributed by atoms with E-state index in [1.54, 1.807) is 24.0 Å². The van der Waals surface area contributed by atoms with Crippen LogP contribution in [0.4, 0.5) is 0 Å². The molecule has 1 atom stereocenters. The van der Waals surface area contributed by atoms with E-state index in [1.807, 2.05) is 6.92 Å². The molecule has 82 valence electrons. The fourth-order valence-corrected chi connectivity index (χ4v) is 1.98. The van der Waals surface area contributed by atoms with Gasteiger partial charge in [-0.25, -0.2) is 0 Å². The number of carbonyl (C=O) groups excluding carboxylic acids is 1. The van der Waals surface area contributed by atoms with Crippen LogP contribution >= 0.6 is 0 Å². The average Bonchev–Trinajstić information content (AvgIpc) is 2.64. The lowest BCUT2D eigenvalue weighted by molar-refractivity contribution is -0.0431. The fraction of sp³-hybridized carbons (Fsp3) is 0.636. The van der Waals surface area contributed by atoms with Gasteiger partial charge in [-0.2, -0.15) is 5.10 Å². The molecule has 0 amide bonds. The van der Waals surface area contributed by atoms with E-state index in [1.165, 1.54) is 0 Å². The largest absolute Gasteiger partial charge is 0.367 e. The molecule has 1 fully saturated rings. The van der Waals surface area contributed by atoms with Crippen molar-refractivity contribution in [2.75, 3.05) is 6.61 Å². The molecule has 2 rings (SSSR count). The summed E-state index contributed by atoms with van der Waals surface area (Å²) in [5.41, 5.74) is -0.0223. The SMILES string of the molecule is Cn1nccc1C(=O)C1(C)CCCCO1. The van der Waals surface area contributed by atoms with Gasteiger partial charge in [0.25, 0.3) is 0 Å². The molecule has 0 aromatic carbocycles. The Labute approximate surface area is 89.2 Å². The van der Waals surface area contributed by atoms with Crippen LogP contribution in [0, 0.1) is 0 Å². The third-order valence-electron chi connectivity index (χ3n) is 3.00. The molecule has 4 heteroatoms. The molecule has 1 aromatic rings. The highest BCUT2D eigenvalue weighted by molar-refractivity contribution is 6.00. The van der Waals surface area contributed by atoms with E-state index in [2.05, 4.69) is 5.10 Å². The molecule has 4 nitrogen and oxygen atoms in total. The Hall–Kier alpha value is -1.16. The van der Waals surface area contributed by atoms with Gasteiger partial charge in [0, 0.05) is 19.9 Å². The summed E-state index contributed by atoms with van der Waals surface area (Å²) >= 11 is 0. The van der Waals surface area contributed by atoms with Gasteiger partial charge in [0.15, 0.2) is 0 Å². The monoisotopic (exact) mass is 208 g/mol. The van der Waals surface area contributed by atoms with E-state index in [0.717, 1.165) is 19.3 Å². The highest BCUT2D eigenvalue weighted by Gasteiger charge is 2.37. The molecular formula is C11H16N2O2. The molecule has 2 heterocycles. The van der Waals surface area contributed by atoms with Crippen LogP contribution in [0.1, 0.15) is 36.7 Å². The first-order valence-electron chi connectivity index (χ1n) is 5.30. The van der Waals surface area contributed by atoms with E-state index in [4.69, 9.17) is 4.74 Å². The van der Waals surface area contributed by atoms with Gasteiger partial charge < -0.3 is 4.74 Å². The van der Waals surface area contributed by atoms with Crippen LogP contribution < -0.4 is 0 Å². The van der Waals surface area contributed by atoms with Crippen molar-refractivity contribution in [2.24, 2.45) is 7.05 Å². The molecule has 0 aliphatic carbocycles. The summed E-state index contributed by atoms with van der Waals surface area (Å²) in [7, 11) is 1.78. The highest BCUT2D eigenvalue weighted by atomic mass is 16.5. The topological polar surface area (TPSA) is 44.1 Å². The Morgan fingerprint density at radius 1 is 1.60 bits per heavy atom. The van der Waals surface area contributed by atoms with Crippen molar-refractivity contribution in [3.63, 3.8) is 0 Å². The predicted molar refractivity (Wildman–Crippen MR) is 55.7 cm³/mol. The molecule has 1 aromatic heterocycles. The van der Waals surface area contributed by atoms with Crippen LogP contribution in [0.3, 0.4) is 0 Å². The molecule has 0 bridgehead atoms. The second kappa shape index (κ2) is 3.77. The van der Waals surface area contributed by atoms with E-state index in [-0.39, 0.29) is 5.78 Å². The Morgan fingerprint density at radius 2 is 2.40 bits per heavy atom. The van der Waals surface area contributed by atoms with Gasteiger partial charge >= 0.3 is 0 Å². The summed E-state index contributed by atoms with van der Waals surface area (Å²) in [4.78, 5) is 12.2. The molecule has 0 N–H and O–H groups in total. The minimum Gasteiger partial charge on any atom is -0.367 e. The second-order valence-corrected chi connectivity index (χ2v) is 4.21. The van der Waals surface area contributed by atoms with Crippen LogP contribution in [0.25, 0.3) is 0 Å². The van der Waals surface area contributed by atoms with Crippen molar-refractivity contribution < 1.29 is 9.53 Å². The molecule has 15 heavy (non-hydrogen) atoms. The zero-order valence-electron chi connectivity index (χ0n) is 9.19. The number of hydrogen-bond acceptors (Lipinski definition) is 3. The Bertz CT molecular complexity index is 364. The summed E-state index contributed by atoms with van der Waals surface area (Å²) < 4.78 is 7.22. The molecule has 0 saturated carbocycles. The summed E-state index contributed by atoms with van der Waals surface area (Å²) in [6, 6.07) is 1.74. The normalized spacial score (nSPS) is 26.5. The summed E-state index contributed by atoms with van der Waals surface area (Å²) in [6.07, 6.45) is 4.55. The number of aromatic nitrogens is 2. The number of carbonyl (C=O) groups is 1. The summed E-state index contributed by atoms with van der Waals surface area (Å²) in [5, 5.41) is 4.00. The first-order valence-corrected chi connectivity index (χ1v) is 5.30. The quantitative estimate of drug-likeness (QED) is 0.693. The summed E-state index contributed by atoms with van der Waals surface area (Å²) in [5.74, 6) is 0.0437. The molecule has 1 unspecified atom stereocenters. The maximum absolute atomic E-state index is 12.2. The predicted octanol–water partition coefficient (Wildman–Crippen LogP) is 1.56. The molecule has 0 spiro atoms. The number of aryl methyl sites for hydroxylation is 1. The minimum atomic E-state index is -0.647. The highest BCUT2D eigenvalue weighted by Crippen LogP contribution is 2.27. The molecular weight excluding hydrogens is 192 g/mol. The number of ether oxygens (including phenoxy) is 1. The lowest BCUT2D eigenvalue weighted by atomic mass is 9.90. The standard InChI is InChI=1S/C11H16N2O2/c1-11(6-3-4-8-15-11)10(14)9-5-7-12-13(9)2/h5,7H,3-4,6,8H2,1-2H3. The Kier molecular flexibility index (Phi) is 2.61. The second-order valence-electron chi connectivity index (χ2n) is 4.21. The molecule has 1 saturated heterocycles. The lowest BCUT2D eigenvalue weighted by Crippen LogP contribution is -2.42. The van der Waals surface area contributed by atoms with Crippen LogP contribution in [-0.4, -0.2) is 27.8 Å². The van der Waals surface area contributed by atoms with E-state index in [0.29, 0.717) is 12.3 Å². The van der Waals surface area contributed by atoms with Crippen molar-refractivity contribution in [3.05, 3.63) is 18.0 Å². The zero-order chi connectivity index (χ0) is 10.9.